The van der Waals surface area contributed by atoms with Crippen LogP contribution in [0.1, 0.15) is 10.4 Å². The molecule has 0 atom stereocenters. The molecular weight excluding hydrogens is 342 g/mol. The van der Waals surface area contributed by atoms with Crippen LogP contribution in [0.25, 0.3) is 0 Å². The van der Waals surface area contributed by atoms with E-state index < -0.39 is 0 Å². The summed E-state index contributed by atoms with van der Waals surface area (Å²) in [6.45, 7) is -0.144. The van der Waals surface area contributed by atoms with Crippen molar-refractivity contribution in [2.24, 2.45) is 0 Å². The first kappa shape index (κ1) is 15.5. The number of ketones is 1. The highest BCUT2D eigenvalue weighted by molar-refractivity contribution is 6.42. The fourth-order valence-corrected chi connectivity index (χ4v) is 2.32. The van der Waals surface area contributed by atoms with Gasteiger partial charge < -0.3 is 4.74 Å². The number of ether oxygens (including phenoxy) is 1. The van der Waals surface area contributed by atoms with E-state index in [4.69, 9.17) is 51.1 Å². The summed E-state index contributed by atoms with van der Waals surface area (Å²) in [5.74, 6) is 0.204. The van der Waals surface area contributed by atoms with E-state index in [1.807, 2.05) is 0 Å². The van der Waals surface area contributed by atoms with Gasteiger partial charge in [0.2, 0.25) is 0 Å². The van der Waals surface area contributed by atoms with Crippen LogP contribution in [-0.4, -0.2) is 12.4 Å². The summed E-state index contributed by atoms with van der Waals surface area (Å²) in [6.07, 6.45) is 0. The Morgan fingerprint density at radius 3 is 2.15 bits per heavy atom. The van der Waals surface area contributed by atoms with Crippen molar-refractivity contribution < 1.29 is 9.53 Å². The van der Waals surface area contributed by atoms with Crippen molar-refractivity contribution in [2.45, 2.75) is 0 Å². The van der Waals surface area contributed by atoms with Crippen LogP contribution in [0.15, 0.2) is 36.4 Å². The summed E-state index contributed by atoms with van der Waals surface area (Å²) >= 11 is 23.3. The molecule has 0 saturated heterocycles. The number of rotatable bonds is 4. The third-order valence-electron chi connectivity index (χ3n) is 2.45. The van der Waals surface area contributed by atoms with Gasteiger partial charge in [0.25, 0.3) is 0 Å². The topological polar surface area (TPSA) is 26.3 Å². The highest BCUT2D eigenvalue weighted by Gasteiger charge is 2.09. The average molecular weight is 350 g/mol. The van der Waals surface area contributed by atoms with Crippen LogP contribution in [0.5, 0.6) is 5.75 Å². The van der Waals surface area contributed by atoms with E-state index in [-0.39, 0.29) is 12.4 Å². The molecule has 0 aliphatic heterocycles. The Hall–Kier alpha value is -0.930. The van der Waals surface area contributed by atoms with Crippen molar-refractivity contribution in [2.75, 3.05) is 6.61 Å². The molecule has 20 heavy (non-hydrogen) atoms. The second-order valence-corrected chi connectivity index (χ2v) is 5.63. The minimum Gasteiger partial charge on any atom is -0.485 e. The lowest BCUT2D eigenvalue weighted by Crippen LogP contribution is -2.11. The molecule has 0 unspecified atom stereocenters. The molecule has 0 bridgehead atoms. The van der Waals surface area contributed by atoms with Gasteiger partial charge >= 0.3 is 0 Å². The van der Waals surface area contributed by atoms with Gasteiger partial charge in [0.15, 0.2) is 12.4 Å². The van der Waals surface area contributed by atoms with Gasteiger partial charge in [0, 0.05) is 15.6 Å². The van der Waals surface area contributed by atoms with Crippen LogP contribution in [0.3, 0.4) is 0 Å². The van der Waals surface area contributed by atoms with E-state index in [0.717, 1.165) is 0 Å². The molecule has 6 heteroatoms. The van der Waals surface area contributed by atoms with E-state index >= 15 is 0 Å². The molecule has 0 heterocycles. The molecule has 0 spiro atoms. The van der Waals surface area contributed by atoms with Crippen LogP contribution in [-0.2, 0) is 0 Å². The third-order valence-corrected chi connectivity index (χ3v) is 3.62. The van der Waals surface area contributed by atoms with Gasteiger partial charge in [0.1, 0.15) is 5.75 Å². The molecule has 0 fully saturated rings. The summed E-state index contributed by atoms with van der Waals surface area (Å²) in [4.78, 5) is 12.0. The molecule has 0 amide bonds. The fourth-order valence-electron chi connectivity index (χ4n) is 1.51. The molecule has 0 N–H and O–H groups in total. The van der Waals surface area contributed by atoms with Crippen LogP contribution in [0, 0.1) is 0 Å². The van der Waals surface area contributed by atoms with Crippen molar-refractivity contribution in [1.29, 1.82) is 0 Å². The molecule has 2 aromatic carbocycles. The van der Waals surface area contributed by atoms with Crippen LogP contribution < -0.4 is 4.74 Å². The molecule has 0 aliphatic rings. The third kappa shape index (κ3) is 4.03. The van der Waals surface area contributed by atoms with Gasteiger partial charge in [0.05, 0.1) is 10.0 Å². The zero-order chi connectivity index (χ0) is 14.7. The van der Waals surface area contributed by atoms with Gasteiger partial charge in [-0.3, -0.25) is 4.79 Å². The lowest BCUT2D eigenvalue weighted by molar-refractivity contribution is 0.0921. The SMILES string of the molecule is O=C(COc1cc(Cl)cc(Cl)c1)c1ccc(Cl)c(Cl)c1. The molecule has 0 radical (unpaired) electrons. The van der Waals surface area contributed by atoms with Crippen molar-refractivity contribution in [3.05, 3.63) is 62.1 Å². The van der Waals surface area contributed by atoms with Gasteiger partial charge in [-0.2, -0.15) is 0 Å². The zero-order valence-corrected chi connectivity index (χ0v) is 13.0. The fraction of sp³-hybridized carbons (Fsp3) is 0.0714. The van der Waals surface area contributed by atoms with E-state index in [1.165, 1.54) is 6.07 Å². The van der Waals surface area contributed by atoms with Crippen molar-refractivity contribution in [1.82, 2.24) is 0 Å². The summed E-state index contributed by atoms with van der Waals surface area (Å²) in [5.41, 5.74) is 0.424. The van der Waals surface area contributed by atoms with Crippen LogP contribution >= 0.6 is 46.4 Å². The normalized spacial score (nSPS) is 10.4. The number of halogens is 4. The van der Waals surface area contributed by atoms with Crippen LogP contribution in [0.2, 0.25) is 20.1 Å². The smallest absolute Gasteiger partial charge is 0.200 e. The van der Waals surface area contributed by atoms with Crippen molar-refractivity contribution >= 4 is 52.2 Å². The Morgan fingerprint density at radius 1 is 0.900 bits per heavy atom. The molecule has 2 nitrogen and oxygen atoms in total. The number of carbonyl (C=O) groups excluding carboxylic acids is 1. The predicted octanol–water partition coefficient (Wildman–Crippen LogP) is 5.56. The molecule has 0 aromatic heterocycles. The molecule has 104 valence electrons. The molecule has 0 aliphatic carbocycles. The number of hydrogen-bond donors (Lipinski definition) is 0. The lowest BCUT2D eigenvalue weighted by Gasteiger charge is -2.07. The minimum absolute atomic E-state index is 0.144. The summed E-state index contributed by atoms with van der Waals surface area (Å²) in [6, 6.07) is 9.39. The molecular formula is C14H8Cl4O2. The predicted molar refractivity (Wildman–Crippen MR) is 82.7 cm³/mol. The minimum atomic E-state index is -0.223. The summed E-state index contributed by atoms with van der Waals surface area (Å²) in [5, 5.41) is 1.60. The highest BCUT2D eigenvalue weighted by Crippen LogP contribution is 2.25. The Morgan fingerprint density at radius 2 is 1.55 bits per heavy atom. The molecule has 2 aromatic rings. The van der Waals surface area contributed by atoms with Gasteiger partial charge in [-0.15, -0.1) is 0 Å². The van der Waals surface area contributed by atoms with E-state index in [0.29, 0.717) is 31.4 Å². The monoisotopic (exact) mass is 348 g/mol. The lowest BCUT2D eigenvalue weighted by atomic mass is 10.1. The first-order chi connectivity index (χ1) is 9.45. The number of carbonyl (C=O) groups is 1. The van der Waals surface area contributed by atoms with Gasteiger partial charge in [-0.1, -0.05) is 46.4 Å². The summed E-state index contributed by atoms with van der Waals surface area (Å²) < 4.78 is 5.36. The quantitative estimate of drug-likeness (QED) is 0.675. The van der Waals surface area contributed by atoms with E-state index in [1.54, 1.807) is 30.3 Å². The first-order valence-corrected chi connectivity index (χ1v) is 7.04. The number of benzene rings is 2. The maximum atomic E-state index is 12.0. The second-order valence-electron chi connectivity index (χ2n) is 3.95. The van der Waals surface area contributed by atoms with Gasteiger partial charge in [-0.25, -0.2) is 0 Å². The standard InChI is InChI=1S/C14H8Cl4O2/c15-9-4-10(16)6-11(5-9)20-7-14(19)8-1-2-12(17)13(18)3-8/h1-6H,7H2. The average Bonchev–Trinajstić information content (AvgIpc) is 2.38. The first-order valence-electron chi connectivity index (χ1n) is 5.53. The van der Waals surface area contributed by atoms with Crippen molar-refractivity contribution in [3.8, 4) is 5.75 Å². The van der Waals surface area contributed by atoms with Gasteiger partial charge in [-0.05, 0) is 36.4 Å². The van der Waals surface area contributed by atoms with E-state index in [9.17, 15) is 4.79 Å². The molecule has 2 rings (SSSR count). The number of hydrogen-bond acceptors (Lipinski definition) is 2. The highest BCUT2D eigenvalue weighted by atomic mass is 35.5. The van der Waals surface area contributed by atoms with Crippen molar-refractivity contribution in [3.63, 3.8) is 0 Å². The molecule has 0 saturated carbocycles. The van der Waals surface area contributed by atoms with E-state index in [2.05, 4.69) is 0 Å². The second kappa shape index (κ2) is 6.68. The van der Waals surface area contributed by atoms with Crippen LogP contribution in [0.4, 0.5) is 0 Å². The Kier molecular flexibility index (Phi) is 5.17. The Labute approximate surface area is 136 Å². The largest absolute Gasteiger partial charge is 0.485 e. The maximum Gasteiger partial charge on any atom is 0.200 e. The summed E-state index contributed by atoms with van der Waals surface area (Å²) in [7, 11) is 0. The zero-order valence-electron chi connectivity index (χ0n) is 10.00. The Bertz CT molecular complexity index is 635. The maximum absolute atomic E-state index is 12.0. The number of Topliss-reactive ketones (excluding diaryl/α,β-unsaturated/α-hetero) is 1. The Balaban J connectivity index is 2.06.